The molecular formula is C15H15Cl2NO3S. The van der Waals surface area contributed by atoms with Crippen molar-refractivity contribution in [2.45, 2.75) is 18.7 Å². The number of benzene rings is 2. The van der Waals surface area contributed by atoms with Crippen molar-refractivity contribution in [1.29, 1.82) is 0 Å². The normalized spacial score (nSPS) is 11.3. The SMILES string of the molecule is COc1ccc(S(=O)(=O)Nc2c(C)cc(C)cc2Cl)cc1Cl. The van der Waals surface area contributed by atoms with E-state index in [1.165, 1.54) is 25.3 Å². The zero-order chi connectivity index (χ0) is 16.5. The van der Waals surface area contributed by atoms with Gasteiger partial charge in [0.1, 0.15) is 5.75 Å². The zero-order valence-electron chi connectivity index (χ0n) is 12.3. The highest BCUT2D eigenvalue weighted by Crippen LogP contribution is 2.31. The van der Waals surface area contributed by atoms with Gasteiger partial charge < -0.3 is 4.74 Å². The minimum Gasteiger partial charge on any atom is -0.495 e. The first kappa shape index (κ1) is 16.9. The van der Waals surface area contributed by atoms with Gasteiger partial charge in [0.25, 0.3) is 10.0 Å². The molecule has 0 amide bonds. The van der Waals surface area contributed by atoms with Gasteiger partial charge in [-0.05, 0) is 49.2 Å². The van der Waals surface area contributed by atoms with Crippen molar-refractivity contribution in [2.75, 3.05) is 11.8 Å². The van der Waals surface area contributed by atoms with Crippen molar-refractivity contribution < 1.29 is 13.2 Å². The largest absolute Gasteiger partial charge is 0.495 e. The van der Waals surface area contributed by atoms with E-state index in [4.69, 9.17) is 27.9 Å². The van der Waals surface area contributed by atoms with Crippen LogP contribution in [0.15, 0.2) is 35.2 Å². The summed E-state index contributed by atoms with van der Waals surface area (Å²) in [6.45, 7) is 3.68. The Hall–Kier alpha value is -1.43. The minimum absolute atomic E-state index is 0.0364. The maximum atomic E-state index is 12.5. The maximum absolute atomic E-state index is 12.5. The number of nitrogens with one attached hydrogen (secondary N) is 1. The van der Waals surface area contributed by atoms with E-state index in [9.17, 15) is 8.42 Å². The van der Waals surface area contributed by atoms with Crippen molar-refractivity contribution in [3.8, 4) is 5.75 Å². The summed E-state index contributed by atoms with van der Waals surface area (Å²) < 4.78 is 32.5. The van der Waals surface area contributed by atoms with E-state index in [1.54, 1.807) is 13.0 Å². The summed E-state index contributed by atoms with van der Waals surface area (Å²) in [5.74, 6) is 0.408. The molecule has 0 aliphatic rings. The van der Waals surface area contributed by atoms with Crippen LogP contribution >= 0.6 is 23.2 Å². The third-order valence-corrected chi connectivity index (χ3v) is 5.04. The molecule has 2 rings (SSSR count). The van der Waals surface area contributed by atoms with Crippen molar-refractivity contribution >= 4 is 38.9 Å². The molecule has 0 radical (unpaired) electrons. The number of hydrogen-bond donors (Lipinski definition) is 1. The third-order valence-electron chi connectivity index (χ3n) is 3.10. The first-order valence-corrected chi connectivity index (χ1v) is 8.61. The summed E-state index contributed by atoms with van der Waals surface area (Å²) in [4.78, 5) is 0.0364. The average Bonchev–Trinajstić information content (AvgIpc) is 2.42. The van der Waals surface area contributed by atoms with Crippen LogP contribution in [0.2, 0.25) is 10.0 Å². The highest BCUT2D eigenvalue weighted by Gasteiger charge is 2.19. The Balaban J connectivity index is 2.42. The number of ether oxygens (including phenoxy) is 1. The Bertz CT molecular complexity index is 797. The molecule has 0 saturated heterocycles. The van der Waals surface area contributed by atoms with Gasteiger partial charge in [-0.2, -0.15) is 0 Å². The fourth-order valence-electron chi connectivity index (χ4n) is 2.05. The second-order valence-electron chi connectivity index (χ2n) is 4.84. The predicted molar refractivity (Wildman–Crippen MR) is 89.7 cm³/mol. The quantitative estimate of drug-likeness (QED) is 0.878. The Morgan fingerprint density at radius 3 is 2.27 bits per heavy atom. The fraction of sp³-hybridized carbons (Fsp3) is 0.200. The highest BCUT2D eigenvalue weighted by molar-refractivity contribution is 7.92. The molecule has 0 aromatic heterocycles. The Kier molecular flexibility index (Phi) is 4.90. The molecule has 0 unspecified atom stereocenters. The molecule has 2 aromatic rings. The lowest BCUT2D eigenvalue weighted by Crippen LogP contribution is -2.14. The van der Waals surface area contributed by atoms with Crippen LogP contribution in [0.25, 0.3) is 0 Å². The zero-order valence-corrected chi connectivity index (χ0v) is 14.6. The molecule has 0 bridgehead atoms. The van der Waals surface area contributed by atoms with E-state index in [1.807, 2.05) is 13.0 Å². The van der Waals surface area contributed by atoms with Crippen LogP contribution in [0.4, 0.5) is 5.69 Å². The number of methoxy groups -OCH3 is 1. The lowest BCUT2D eigenvalue weighted by molar-refractivity contribution is 0.414. The molecule has 7 heteroatoms. The minimum atomic E-state index is -3.79. The lowest BCUT2D eigenvalue weighted by Gasteiger charge is -2.14. The number of sulfonamides is 1. The summed E-state index contributed by atoms with van der Waals surface area (Å²) >= 11 is 12.1. The Morgan fingerprint density at radius 2 is 1.73 bits per heavy atom. The van der Waals surface area contributed by atoms with Crippen LogP contribution in [-0.2, 0) is 10.0 Å². The van der Waals surface area contributed by atoms with E-state index in [0.717, 1.165) is 11.1 Å². The Labute approximate surface area is 140 Å². The number of rotatable bonds is 4. The molecule has 2 aromatic carbocycles. The van der Waals surface area contributed by atoms with Crippen molar-refractivity contribution in [2.24, 2.45) is 0 Å². The molecule has 118 valence electrons. The topological polar surface area (TPSA) is 55.4 Å². The first-order valence-electron chi connectivity index (χ1n) is 6.37. The standard InChI is InChI=1S/C15H15Cl2NO3S/c1-9-6-10(2)15(13(17)7-9)18-22(19,20)11-4-5-14(21-3)12(16)8-11/h4-8,18H,1-3H3. The van der Waals surface area contributed by atoms with E-state index in [2.05, 4.69) is 4.72 Å². The van der Waals surface area contributed by atoms with Gasteiger partial charge >= 0.3 is 0 Å². The smallest absolute Gasteiger partial charge is 0.262 e. The molecule has 0 aliphatic heterocycles. The molecule has 0 aliphatic carbocycles. The third kappa shape index (κ3) is 3.48. The first-order chi connectivity index (χ1) is 10.2. The van der Waals surface area contributed by atoms with Crippen LogP contribution in [0.3, 0.4) is 0 Å². The average molecular weight is 360 g/mol. The second-order valence-corrected chi connectivity index (χ2v) is 7.34. The van der Waals surface area contributed by atoms with Crippen LogP contribution in [0, 0.1) is 13.8 Å². The molecule has 0 heterocycles. The number of hydrogen-bond acceptors (Lipinski definition) is 3. The molecule has 1 N–H and O–H groups in total. The van der Waals surface area contributed by atoms with Crippen LogP contribution in [0.5, 0.6) is 5.75 Å². The van der Waals surface area contributed by atoms with Crippen molar-refractivity contribution in [3.63, 3.8) is 0 Å². The van der Waals surface area contributed by atoms with Crippen LogP contribution in [0.1, 0.15) is 11.1 Å². The molecule has 0 fully saturated rings. The van der Waals surface area contributed by atoms with Crippen molar-refractivity contribution in [3.05, 3.63) is 51.5 Å². The van der Waals surface area contributed by atoms with Gasteiger partial charge in [0, 0.05) is 0 Å². The molecular weight excluding hydrogens is 345 g/mol. The van der Waals surface area contributed by atoms with Crippen LogP contribution < -0.4 is 9.46 Å². The van der Waals surface area contributed by atoms with Gasteiger partial charge in [-0.3, -0.25) is 4.72 Å². The van der Waals surface area contributed by atoms with Crippen LogP contribution in [-0.4, -0.2) is 15.5 Å². The summed E-state index contributed by atoms with van der Waals surface area (Å²) in [6, 6.07) is 7.81. The molecule has 22 heavy (non-hydrogen) atoms. The van der Waals surface area contributed by atoms with E-state index in [-0.39, 0.29) is 9.92 Å². The predicted octanol–water partition coefficient (Wildman–Crippen LogP) is 4.42. The maximum Gasteiger partial charge on any atom is 0.262 e. The molecule has 0 atom stereocenters. The molecule has 0 spiro atoms. The summed E-state index contributed by atoms with van der Waals surface area (Å²) in [5, 5.41) is 0.567. The van der Waals surface area contributed by atoms with E-state index in [0.29, 0.717) is 16.5 Å². The molecule has 4 nitrogen and oxygen atoms in total. The summed E-state index contributed by atoms with van der Waals surface area (Å²) in [7, 11) is -2.33. The summed E-state index contributed by atoms with van der Waals surface area (Å²) in [5.41, 5.74) is 2.06. The van der Waals surface area contributed by atoms with Crippen molar-refractivity contribution in [1.82, 2.24) is 0 Å². The van der Waals surface area contributed by atoms with E-state index >= 15 is 0 Å². The van der Waals surface area contributed by atoms with Gasteiger partial charge in [0.05, 0.1) is 27.7 Å². The van der Waals surface area contributed by atoms with Gasteiger partial charge in [0.2, 0.25) is 0 Å². The Morgan fingerprint density at radius 1 is 1.05 bits per heavy atom. The van der Waals surface area contributed by atoms with Gasteiger partial charge in [-0.25, -0.2) is 8.42 Å². The van der Waals surface area contributed by atoms with E-state index < -0.39 is 10.0 Å². The lowest BCUT2D eigenvalue weighted by atomic mass is 10.1. The number of halogens is 2. The van der Waals surface area contributed by atoms with Gasteiger partial charge in [-0.1, -0.05) is 29.3 Å². The monoisotopic (exact) mass is 359 g/mol. The van der Waals surface area contributed by atoms with Gasteiger partial charge in [-0.15, -0.1) is 0 Å². The highest BCUT2D eigenvalue weighted by atomic mass is 35.5. The number of aryl methyl sites for hydroxylation is 2. The summed E-state index contributed by atoms with van der Waals surface area (Å²) in [6.07, 6.45) is 0. The second kappa shape index (κ2) is 6.36. The number of anilines is 1. The molecule has 0 saturated carbocycles. The fourth-order valence-corrected chi connectivity index (χ4v) is 3.98. The van der Waals surface area contributed by atoms with Gasteiger partial charge in [0.15, 0.2) is 0 Å².